The van der Waals surface area contributed by atoms with Crippen LogP contribution in [0.5, 0.6) is 0 Å². The number of aromatic nitrogens is 1. The third kappa shape index (κ3) is 2.94. The van der Waals surface area contributed by atoms with E-state index < -0.39 is 7.14 Å². The molecule has 0 radical (unpaired) electrons. The highest BCUT2D eigenvalue weighted by Crippen LogP contribution is 2.53. The van der Waals surface area contributed by atoms with Crippen LogP contribution in [-0.2, 0) is 4.57 Å². The molecule has 1 aliphatic heterocycles. The van der Waals surface area contributed by atoms with Crippen LogP contribution in [0.3, 0.4) is 0 Å². The van der Waals surface area contributed by atoms with Gasteiger partial charge in [-0.2, -0.15) is 0 Å². The summed E-state index contributed by atoms with van der Waals surface area (Å²) in [5, 5.41) is 5.13. The van der Waals surface area contributed by atoms with Crippen molar-refractivity contribution >= 4 is 111 Å². The fraction of sp³-hybridized carbons (Fsp3) is 0. The first-order valence-corrected chi connectivity index (χ1v) is 15.0. The Balaban J connectivity index is 1.66. The van der Waals surface area contributed by atoms with E-state index in [-0.39, 0.29) is 0 Å². The van der Waals surface area contributed by atoms with Crippen molar-refractivity contribution in [3.63, 3.8) is 0 Å². The molecule has 0 amide bonds. The summed E-state index contributed by atoms with van der Waals surface area (Å²) in [5.74, 6) is 0. The summed E-state index contributed by atoms with van der Waals surface area (Å²) in [5.41, 5.74) is 12.4. The first kappa shape index (κ1) is 23.6. The lowest BCUT2D eigenvalue weighted by Crippen LogP contribution is -2.56. The number of nitrogens with zero attached hydrogens (tertiary/aromatic N) is 1. The van der Waals surface area contributed by atoms with Gasteiger partial charge in [0.2, 0.25) is 0 Å². The molecule has 0 N–H and O–H groups in total. The molecule has 1 atom stereocenters. The minimum Gasteiger partial charge on any atom is -0.310 e. The minimum atomic E-state index is -3.00. The maximum absolute atomic E-state index is 15.1. The van der Waals surface area contributed by atoms with E-state index in [2.05, 4.69) is 98.4 Å². The van der Waals surface area contributed by atoms with Crippen LogP contribution in [-0.4, -0.2) is 43.8 Å². The average Bonchev–Trinajstić information content (AvgIpc) is 3.41. The number of benzene rings is 5. The van der Waals surface area contributed by atoms with E-state index in [1.807, 2.05) is 36.4 Å². The number of hydrogen-bond donors (Lipinski definition) is 0. The van der Waals surface area contributed by atoms with Crippen LogP contribution < -0.4 is 43.2 Å². The zero-order chi connectivity index (χ0) is 26.3. The van der Waals surface area contributed by atoms with Crippen LogP contribution in [0.25, 0.3) is 38.6 Å². The molecule has 0 saturated carbocycles. The van der Waals surface area contributed by atoms with Crippen molar-refractivity contribution in [2.75, 3.05) is 0 Å². The van der Waals surface area contributed by atoms with Crippen LogP contribution in [0.15, 0.2) is 91.0 Å². The van der Waals surface area contributed by atoms with E-state index in [0.29, 0.717) is 0 Å². The molecule has 7 rings (SSSR count). The van der Waals surface area contributed by atoms with Crippen molar-refractivity contribution in [2.24, 2.45) is 0 Å². The van der Waals surface area contributed by atoms with Gasteiger partial charge in [-0.25, -0.2) is 0 Å². The van der Waals surface area contributed by atoms with Crippen LogP contribution >= 0.6 is 7.14 Å². The van der Waals surface area contributed by atoms with Gasteiger partial charge in [-0.3, -0.25) is 0 Å². The molecule has 0 fully saturated rings. The molecule has 0 aliphatic carbocycles. The molecule has 1 aliphatic rings. The third-order valence-electron chi connectivity index (χ3n) is 8.97. The summed E-state index contributed by atoms with van der Waals surface area (Å²) in [7, 11) is 8.19. The van der Waals surface area contributed by atoms with Gasteiger partial charge in [-0.05, 0) is 29.3 Å². The topological polar surface area (TPSA) is 22.0 Å². The highest BCUT2D eigenvalue weighted by Gasteiger charge is 2.40. The monoisotopic (exact) mass is 501 g/mol. The number of fused-ring (bicyclic) bond motifs is 6. The van der Waals surface area contributed by atoms with Gasteiger partial charge in [0.1, 0.15) is 39.2 Å². The first-order valence-electron chi connectivity index (χ1n) is 13.2. The second kappa shape index (κ2) is 8.22. The van der Waals surface area contributed by atoms with E-state index in [9.17, 15) is 0 Å². The predicted octanol–water partition coefficient (Wildman–Crippen LogP) is -2.30. The summed E-state index contributed by atoms with van der Waals surface area (Å²) < 4.78 is 17.6. The van der Waals surface area contributed by atoms with E-state index in [1.54, 1.807) is 0 Å². The van der Waals surface area contributed by atoms with Gasteiger partial charge in [0.15, 0.2) is 7.14 Å². The van der Waals surface area contributed by atoms with Gasteiger partial charge < -0.3 is 9.13 Å². The third-order valence-corrected chi connectivity index (χ3v) is 12.1. The maximum Gasteiger partial charge on any atom is 0.172 e. The van der Waals surface area contributed by atoms with Crippen LogP contribution in [0.2, 0.25) is 0 Å². The summed E-state index contributed by atoms with van der Waals surface area (Å²) in [6, 6.07) is 31.5. The number of rotatable bonds is 2. The van der Waals surface area contributed by atoms with Crippen molar-refractivity contribution in [1.82, 2.24) is 4.57 Å². The molecule has 2 nitrogen and oxygen atoms in total. The summed E-state index contributed by atoms with van der Waals surface area (Å²) in [6.45, 7) is 0. The van der Waals surface area contributed by atoms with Crippen molar-refractivity contribution < 1.29 is 4.57 Å². The number of hydrogen-bond acceptors (Lipinski definition) is 1. The molecule has 1 aromatic heterocycles. The number of para-hydroxylation sites is 1. The maximum atomic E-state index is 15.1. The molecule has 2 heterocycles. The molecule has 6 aromatic rings. The van der Waals surface area contributed by atoms with Crippen LogP contribution in [0.1, 0.15) is 0 Å². The molecule has 5 aromatic carbocycles. The van der Waals surface area contributed by atoms with Gasteiger partial charge in [0.05, 0.1) is 11.0 Å². The van der Waals surface area contributed by atoms with Gasteiger partial charge in [0.25, 0.3) is 0 Å². The Labute approximate surface area is 227 Å². The second-order valence-electron chi connectivity index (χ2n) is 10.7. The fourth-order valence-electron chi connectivity index (χ4n) is 6.56. The Bertz CT molecular complexity index is 1990. The van der Waals surface area contributed by atoms with E-state index in [0.717, 1.165) is 37.9 Å². The molecule has 0 spiro atoms. The Kier molecular flexibility index (Phi) is 5.10. The predicted molar refractivity (Wildman–Crippen MR) is 180 cm³/mol. The van der Waals surface area contributed by atoms with Gasteiger partial charge in [-0.1, -0.05) is 94.6 Å². The largest absolute Gasteiger partial charge is 0.310 e. The van der Waals surface area contributed by atoms with Gasteiger partial charge in [-0.15, -0.1) is 5.46 Å². The van der Waals surface area contributed by atoms with E-state index >= 15 is 4.57 Å². The smallest absolute Gasteiger partial charge is 0.172 e. The van der Waals surface area contributed by atoms with Gasteiger partial charge >= 0.3 is 0 Å². The lowest BCUT2D eigenvalue weighted by Gasteiger charge is -2.22. The summed E-state index contributed by atoms with van der Waals surface area (Å²) in [4.78, 5) is 0. The van der Waals surface area contributed by atoms with Crippen molar-refractivity contribution in [1.29, 1.82) is 0 Å². The normalized spacial score (nSPS) is 16.1. The Morgan fingerprint density at radius 3 is 1.87 bits per heavy atom. The van der Waals surface area contributed by atoms with Crippen LogP contribution in [0, 0.1) is 0 Å². The summed E-state index contributed by atoms with van der Waals surface area (Å²) >= 11 is 0. The Hall–Kier alpha value is -3.55. The molecule has 1 unspecified atom stereocenters. The molecule has 8 heteroatoms. The molecular formula is C30H25B5NOP. The molecule has 176 valence electrons. The van der Waals surface area contributed by atoms with Crippen molar-refractivity contribution in [2.45, 2.75) is 0 Å². The molecule has 38 heavy (non-hydrogen) atoms. The quantitative estimate of drug-likeness (QED) is 0.193. The molecule has 0 saturated heterocycles. The lowest BCUT2D eigenvalue weighted by molar-refractivity contribution is 0.593. The SMILES string of the molecule is Bc1c(B)c(B)c(-n2c3ccccc3c3cc4c(cc32)-c2ccccc2P4(=O)c2ccccc2)c(B)c1B. The van der Waals surface area contributed by atoms with Crippen molar-refractivity contribution in [3.05, 3.63) is 91.0 Å². The second-order valence-corrected chi connectivity index (χ2v) is 13.4. The highest BCUT2D eigenvalue weighted by atomic mass is 31.2. The Morgan fingerprint density at radius 2 is 1.13 bits per heavy atom. The average molecular weight is 501 g/mol. The zero-order valence-electron chi connectivity index (χ0n) is 22.5. The zero-order valence-corrected chi connectivity index (χ0v) is 23.4. The first-order chi connectivity index (χ1) is 18.3. The van der Waals surface area contributed by atoms with E-state index in [1.165, 1.54) is 43.9 Å². The fourth-order valence-corrected chi connectivity index (χ4v) is 9.63. The van der Waals surface area contributed by atoms with Gasteiger partial charge in [0, 0.05) is 32.4 Å². The highest BCUT2D eigenvalue weighted by molar-refractivity contribution is 7.86. The minimum absolute atomic E-state index is 0.894. The molecule has 0 bridgehead atoms. The summed E-state index contributed by atoms with van der Waals surface area (Å²) in [6.07, 6.45) is 0. The van der Waals surface area contributed by atoms with Crippen LogP contribution in [0.4, 0.5) is 0 Å². The lowest BCUT2D eigenvalue weighted by atomic mass is 9.61. The standard InChI is InChI=1S/C30H25B5NOP/c31-25-26(32)28(34)30(29(35)27(25)33)36-21-12-6-4-10-17(21)19-15-24-20(14-22(19)36)18-11-5-7-13-23(18)38(24,37)16-8-2-1-3-9-16/h1-15H,31-35H2. The van der Waals surface area contributed by atoms with E-state index in [4.69, 9.17) is 0 Å². The molecular weight excluding hydrogens is 475 g/mol. The Morgan fingerprint density at radius 1 is 0.526 bits per heavy atom. The van der Waals surface area contributed by atoms with Crippen molar-refractivity contribution in [3.8, 4) is 16.8 Å².